The van der Waals surface area contributed by atoms with Crippen LogP contribution in [0.1, 0.15) is 25.5 Å². The van der Waals surface area contributed by atoms with Gasteiger partial charge in [-0.1, -0.05) is 13.8 Å². The van der Waals surface area contributed by atoms with E-state index in [0.29, 0.717) is 5.92 Å². The first-order valence-corrected chi connectivity index (χ1v) is 5.27. The number of rotatable bonds is 1. The third-order valence-corrected chi connectivity index (χ3v) is 2.92. The molecule has 2 heterocycles. The standard InChI is InChI=1S/C9H10IN3/c1-6(2)8-9(10)13-7(12-8)4-3-5-11-13/h3-6H,1-2H3. The number of aromatic nitrogens is 3. The molecule has 4 heteroatoms. The Hall–Kier alpha value is -0.650. The summed E-state index contributed by atoms with van der Waals surface area (Å²) >= 11 is 2.29. The molecule has 68 valence electrons. The lowest BCUT2D eigenvalue weighted by Crippen LogP contribution is -1.94. The summed E-state index contributed by atoms with van der Waals surface area (Å²) < 4.78 is 2.99. The fraction of sp³-hybridized carbons (Fsp3) is 0.333. The van der Waals surface area contributed by atoms with Crippen LogP contribution in [0, 0.1) is 3.70 Å². The van der Waals surface area contributed by atoms with Gasteiger partial charge in [0.2, 0.25) is 0 Å². The molecule has 0 saturated carbocycles. The predicted octanol–water partition coefficient (Wildman–Crippen LogP) is 2.46. The summed E-state index contributed by atoms with van der Waals surface area (Å²) in [7, 11) is 0. The SMILES string of the molecule is CC(C)c1nc2cccnn2c1I. The Labute approximate surface area is 90.3 Å². The van der Waals surface area contributed by atoms with Crippen LogP contribution in [0.25, 0.3) is 5.65 Å². The van der Waals surface area contributed by atoms with Crippen molar-refractivity contribution in [3.8, 4) is 0 Å². The third-order valence-electron chi connectivity index (χ3n) is 1.91. The van der Waals surface area contributed by atoms with Crippen molar-refractivity contribution in [3.63, 3.8) is 0 Å². The Kier molecular flexibility index (Phi) is 2.23. The zero-order chi connectivity index (χ0) is 9.42. The van der Waals surface area contributed by atoms with E-state index >= 15 is 0 Å². The fourth-order valence-electron chi connectivity index (χ4n) is 1.25. The second-order valence-corrected chi connectivity index (χ2v) is 4.26. The van der Waals surface area contributed by atoms with Crippen LogP contribution in [0.2, 0.25) is 0 Å². The van der Waals surface area contributed by atoms with Gasteiger partial charge in [0.25, 0.3) is 0 Å². The molecule has 0 N–H and O–H groups in total. The Balaban J connectivity index is 2.74. The third kappa shape index (κ3) is 1.43. The smallest absolute Gasteiger partial charge is 0.155 e. The summed E-state index contributed by atoms with van der Waals surface area (Å²) in [4.78, 5) is 4.50. The maximum Gasteiger partial charge on any atom is 0.155 e. The van der Waals surface area contributed by atoms with Crippen molar-refractivity contribution >= 4 is 28.2 Å². The van der Waals surface area contributed by atoms with Gasteiger partial charge < -0.3 is 0 Å². The molecule has 2 aromatic rings. The summed E-state index contributed by atoms with van der Waals surface area (Å²) in [6.07, 6.45) is 1.78. The first-order chi connectivity index (χ1) is 6.20. The Bertz CT molecular complexity index is 433. The van der Waals surface area contributed by atoms with E-state index in [9.17, 15) is 0 Å². The van der Waals surface area contributed by atoms with E-state index in [1.807, 2.05) is 16.6 Å². The highest BCUT2D eigenvalue weighted by Crippen LogP contribution is 2.20. The molecule has 0 amide bonds. The van der Waals surface area contributed by atoms with E-state index < -0.39 is 0 Å². The Morgan fingerprint density at radius 3 is 2.85 bits per heavy atom. The van der Waals surface area contributed by atoms with Gasteiger partial charge in [0, 0.05) is 6.20 Å². The predicted molar refractivity (Wildman–Crippen MR) is 59.8 cm³/mol. The summed E-state index contributed by atoms with van der Waals surface area (Å²) in [5, 5.41) is 4.23. The molecular formula is C9H10IN3. The lowest BCUT2D eigenvalue weighted by Gasteiger charge is -1.98. The molecule has 2 aromatic heterocycles. The van der Waals surface area contributed by atoms with Crippen LogP contribution in [-0.2, 0) is 0 Å². The second kappa shape index (κ2) is 3.25. The molecule has 2 rings (SSSR count). The van der Waals surface area contributed by atoms with E-state index in [1.165, 1.54) is 0 Å². The number of imidazole rings is 1. The minimum atomic E-state index is 0.452. The normalized spacial score (nSPS) is 11.4. The van der Waals surface area contributed by atoms with Gasteiger partial charge in [0.05, 0.1) is 5.69 Å². The van der Waals surface area contributed by atoms with Crippen LogP contribution < -0.4 is 0 Å². The molecule has 0 fully saturated rings. The molecule has 0 aromatic carbocycles. The van der Waals surface area contributed by atoms with Crippen LogP contribution >= 0.6 is 22.6 Å². The van der Waals surface area contributed by atoms with Crippen molar-refractivity contribution in [2.45, 2.75) is 19.8 Å². The molecule has 0 unspecified atom stereocenters. The summed E-state index contributed by atoms with van der Waals surface area (Å²) in [6, 6.07) is 3.88. The molecule has 3 nitrogen and oxygen atoms in total. The van der Waals surface area contributed by atoms with Gasteiger partial charge in [-0.05, 0) is 40.6 Å². The van der Waals surface area contributed by atoms with Gasteiger partial charge in [-0.3, -0.25) is 0 Å². The summed E-state index contributed by atoms with van der Waals surface area (Å²) in [6.45, 7) is 4.29. The molecule has 0 aliphatic rings. The highest BCUT2D eigenvalue weighted by atomic mass is 127. The molecule has 0 aliphatic carbocycles. The maximum atomic E-state index is 4.50. The molecule has 13 heavy (non-hydrogen) atoms. The zero-order valence-corrected chi connectivity index (χ0v) is 9.69. The lowest BCUT2D eigenvalue weighted by atomic mass is 10.2. The van der Waals surface area contributed by atoms with E-state index in [0.717, 1.165) is 15.0 Å². The summed E-state index contributed by atoms with van der Waals surface area (Å²) in [5.41, 5.74) is 2.05. The average Bonchev–Trinajstić information content (AvgIpc) is 2.45. The highest BCUT2D eigenvalue weighted by molar-refractivity contribution is 14.1. The zero-order valence-electron chi connectivity index (χ0n) is 7.53. The van der Waals surface area contributed by atoms with Crippen molar-refractivity contribution in [3.05, 3.63) is 27.7 Å². The van der Waals surface area contributed by atoms with Gasteiger partial charge in [-0.25, -0.2) is 9.50 Å². The Morgan fingerprint density at radius 1 is 1.46 bits per heavy atom. The van der Waals surface area contributed by atoms with E-state index in [1.54, 1.807) is 6.20 Å². The van der Waals surface area contributed by atoms with Gasteiger partial charge in [0.1, 0.15) is 3.70 Å². The quantitative estimate of drug-likeness (QED) is 0.754. The number of hydrogen-bond acceptors (Lipinski definition) is 2. The monoisotopic (exact) mass is 287 g/mol. The fourth-order valence-corrected chi connectivity index (χ4v) is 2.36. The average molecular weight is 287 g/mol. The van der Waals surface area contributed by atoms with Crippen molar-refractivity contribution in [1.29, 1.82) is 0 Å². The Morgan fingerprint density at radius 2 is 2.23 bits per heavy atom. The van der Waals surface area contributed by atoms with Crippen molar-refractivity contribution in [2.24, 2.45) is 0 Å². The minimum absolute atomic E-state index is 0.452. The minimum Gasteiger partial charge on any atom is -0.231 e. The molecular weight excluding hydrogens is 277 g/mol. The van der Waals surface area contributed by atoms with Crippen LogP contribution in [0.4, 0.5) is 0 Å². The lowest BCUT2D eigenvalue weighted by molar-refractivity contribution is 0.816. The van der Waals surface area contributed by atoms with Crippen LogP contribution in [-0.4, -0.2) is 14.6 Å². The molecule has 0 spiro atoms. The van der Waals surface area contributed by atoms with Gasteiger partial charge >= 0.3 is 0 Å². The first kappa shape index (κ1) is 8.93. The molecule has 0 aliphatic heterocycles. The largest absolute Gasteiger partial charge is 0.231 e. The van der Waals surface area contributed by atoms with E-state index in [2.05, 4.69) is 46.5 Å². The van der Waals surface area contributed by atoms with Gasteiger partial charge in [-0.15, -0.1) is 0 Å². The first-order valence-electron chi connectivity index (χ1n) is 4.19. The van der Waals surface area contributed by atoms with E-state index in [-0.39, 0.29) is 0 Å². The van der Waals surface area contributed by atoms with Gasteiger partial charge in [0.15, 0.2) is 5.65 Å². The van der Waals surface area contributed by atoms with Crippen molar-refractivity contribution in [1.82, 2.24) is 14.6 Å². The van der Waals surface area contributed by atoms with Crippen LogP contribution in [0.5, 0.6) is 0 Å². The topological polar surface area (TPSA) is 30.2 Å². The van der Waals surface area contributed by atoms with Crippen molar-refractivity contribution in [2.75, 3.05) is 0 Å². The maximum absolute atomic E-state index is 4.50. The second-order valence-electron chi connectivity index (χ2n) is 3.24. The molecule has 0 atom stereocenters. The summed E-state index contributed by atoms with van der Waals surface area (Å²) in [5.74, 6) is 0.452. The molecule has 0 bridgehead atoms. The highest BCUT2D eigenvalue weighted by Gasteiger charge is 2.12. The van der Waals surface area contributed by atoms with Crippen molar-refractivity contribution < 1.29 is 0 Å². The number of nitrogens with zero attached hydrogens (tertiary/aromatic N) is 3. The van der Waals surface area contributed by atoms with E-state index in [4.69, 9.17) is 0 Å². The number of hydrogen-bond donors (Lipinski definition) is 0. The number of halogens is 1. The molecule has 0 saturated heterocycles. The van der Waals surface area contributed by atoms with Crippen LogP contribution in [0.3, 0.4) is 0 Å². The molecule has 0 radical (unpaired) electrons. The van der Waals surface area contributed by atoms with Crippen LogP contribution in [0.15, 0.2) is 18.3 Å². The van der Waals surface area contributed by atoms with Gasteiger partial charge in [-0.2, -0.15) is 5.10 Å². The number of fused-ring (bicyclic) bond motifs is 1.